The van der Waals surface area contributed by atoms with Crippen LogP contribution in [0.2, 0.25) is 0 Å². The van der Waals surface area contributed by atoms with Crippen molar-refractivity contribution >= 4 is 33.4 Å². The molecule has 0 bridgehead atoms. The fraction of sp³-hybridized carbons (Fsp3) is 0.167. The van der Waals surface area contributed by atoms with Crippen molar-refractivity contribution < 1.29 is 4.79 Å². The lowest BCUT2D eigenvalue weighted by molar-refractivity contribution is -0.116. The summed E-state index contributed by atoms with van der Waals surface area (Å²) in [6.07, 6.45) is 0. The van der Waals surface area contributed by atoms with Gasteiger partial charge in [0.15, 0.2) is 0 Å². The number of nitrogens with zero attached hydrogens (tertiary/aromatic N) is 4. The monoisotopic (exact) mass is 273 g/mol. The average molecular weight is 273 g/mol. The fourth-order valence-corrected chi connectivity index (χ4v) is 2.39. The van der Waals surface area contributed by atoms with Gasteiger partial charge in [0.05, 0.1) is 11.0 Å². The third-order valence-electron chi connectivity index (χ3n) is 2.75. The fourth-order valence-electron chi connectivity index (χ4n) is 1.93. The maximum absolute atomic E-state index is 12.0. The highest BCUT2D eigenvalue weighted by molar-refractivity contribution is 7.13. The molecule has 1 aromatic carbocycles. The molecule has 3 aromatic rings. The van der Waals surface area contributed by atoms with Crippen molar-refractivity contribution in [1.82, 2.24) is 19.7 Å². The zero-order chi connectivity index (χ0) is 13.2. The molecule has 0 radical (unpaired) electrons. The van der Waals surface area contributed by atoms with Gasteiger partial charge < -0.3 is 4.57 Å². The van der Waals surface area contributed by atoms with E-state index in [4.69, 9.17) is 0 Å². The molecule has 7 heteroatoms. The molecule has 2 aromatic heterocycles. The number of fused-ring (bicyclic) bond motifs is 1. The molecule has 0 atom stereocenters. The summed E-state index contributed by atoms with van der Waals surface area (Å²) in [4.78, 5) is 16.4. The van der Waals surface area contributed by atoms with Gasteiger partial charge in [-0.2, -0.15) is 0 Å². The first-order chi connectivity index (χ1) is 9.24. The summed E-state index contributed by atoms with van der Waals surface area (Å²) in [5.41, 5.74) is 3.42. The topological polar surface area (TPSA) is 72.7 Å². The Balaban J connectivity index is 1.85. The molecule has 0 saturated heterocycles. The molecule has 3 rings (SSSR count). The Morgan fingerprint density at radius 2 is 2.26 bits per heavy atom. The summed E-state index contributed by atoms with van der Waals surface area (Å²) in [5.74, 6) is 0.677. The van der Waals surface area contributed by atoms with Crippen molar-refractivity contribution in [2.45, 2.75) is 13.5 Å². The summed E-state index contributed by atoms with van der Waals surface area (Å²) < 4.78 is 1.88. The van der Waals surface area contributed by atoms with Crippen molar-refractivity contribution in [3.63, 3.8) is 0 Å². The minimum Gasteiger partial charge on any atom is -0.319 e. The maximum atomic E-state index is 12.0. The van der Waals surface area contributed by atoms with Crippen LogP contribution < -0.4 is 5.32 Å². The maximum Gasteiger partial charge on any atom is 0.246 e. The van der Waals surface area contributed by atoms with Crippen LogP contribution in [0, 0.1) is 6.92 Å². The second-order valence-corrected chi connectivity index (χ2v) is 4.86. The van der Waals surface area contributed by atoms with Gasteiger partial charge in [-0.15, -0.1) is 10.2 Å². The van der Waals surface area contributed by atoms with Gasteiger partial charge in [0.2, 0.25) is 11.0 Å². The van der Waals surface area contributed by atoms with Gasteiger partial charge >= 0.3 is 0 Å². The number of aryl methyl sites for hydroxylation is 1. The van der Waals surface area contributed by atoms with Crippen molar-refractivity contribution in [3.05, 3.63) is 35.6 Å². The lowest BCUT2D eigenvalue weighted by Crippen LogP contribution is -2.19. The number of aromatic nitrogens is 4. The Morgan fingerprint density at radius 1 is 1.42 bits per heavy atom. The summed E-state index contributed by atoms with van der Waals surface area (Å²) in [7, 11) is 0. The summed E-state index contributed by atoms with van der Waals surface area (Å²) in [6.45, 7) is 2.10. The first kappa shape index (κ1) is 11.8. The molecule has 1 amide bonds. The van der Waals surface area contributed by atoms with Crippen LogP contribution in [-0.2, 0) is 11.3 Å². The predicted octanol–water partition coefficient (Wildman–Crippen LogP) is 1.83. The van der Waals surface area contributed by atoms with E-state index in [1.165, 1.54) is 11.3 Å². The van der Waals surface area contributed by atoms with E-state index < -0.39 is 0 Å². The minimum absolute atomic E-state index is 0.136. The first-order valence-corrected chi connectivity index (χ1v) is 6.60. The SMILES string of the molecule is Cc1nc2ccccc2n1CC(=O)Nc1nncs1. The zero-order valence-corrected chi connectivity index (χ0v) is 11.0. The number of para-hydroxylation sites is 2. The lowest BCUT2D eigenvalue weighted by atomic mass is 10.3. The van der Waals surface area contributed by atoms with Crippen molar-refractivity contribution in [2.24, 2.45) is 0 Å². The highest BCUT2D eigenvalue weighted by Gasteiger charge is 2.11. The average Bonchev–Trinajstić information content (AvgIpc) is 2.99. The van der Waals surface area contributed by atoms with Gasteiger partial charge in [0, 0.05) is 0 Å². The molecule has 1 N–H and O–H groups in total. The molecular weight excluding hydrogens is 262 g/mol. The minimum atomic E-state index is -0.136. The second kappa shape index (κ2) is 4.77. The Hall–Kier alpha value is -2.28. The number of hydrogen-bond acceptors (Lipinski definition) is 5. The number of hydrogen-bond donors (Lipinski definition) is 1. The molecule has 0 aliphatic carbocycles. The normalized spacial score (nSPS) is 10.8. The third kappa shape index (κ3) is 2.32. The zero-order valence-electron chi connectivity index (χ0n) is 10.2. The highest BCUT2D eigenvalue weighted by Crippen LogP contribution is 2.15. The van der Waals surface area contributed by atoms with E-state index in [9.17, 15) is 4.79 Å². The van der Waals surface area contributed by atoms with Gasteiger partial charge in [0.1, 0.15) is 17.9 Å². The van der Waals surface area contributed by atoms with Gasteiger partial charge in [-0.1, -0.05) is 23.5 Å². The van der Waals surface area contributed by atoms with E-state index in [1.807, 2.05) is 35.8 Å². The van der Waals surface area contributed by atoms with Gasteiger partial charge in [-0.3, -0.25) is 10.1 Å². The number of nitrogens with one attached hydrogen (secondary N) is 1. The molecule has 6 nitrogen and oxygen atoms in total. The van der Waals surface area contributed by atoms with Crippen LogP contribution in [0.25, 0.3) is 11.0 Å². The van der Waals surface area contributed by atoms with Crippen LogP contribution in [0.5, 0.6) is 0 Å². The van der Waals surface area contributed by atoms with Crippen LogP contribution in [0.1, 0.15) is 5.82 Å². The Morgan fingerprint density at radius 3 is 3.05 bits per heavy atom. The number of amides is 1. The van der Waals surface area contributed by atoms with Crippen molar-refractivity contribution in [3.8, 4) is 0 Å². The van der Waals surface area contributed by atoms with Crippen LogP contribution in [0.3, 0.4) is 0 Å². The quantitative estimate of drug-likeness (QED) is 0.790. The lowest BCUT2D eigenvalue weighted by Gasteiger charge is -2.06. The van der Waals surface area contributed by atoms with Gasteiger partial charge in [-0.05, 0) is 19.1 Å². The van der Waals surface area contributed by atoms with Crippen LogP contribution in [0.15, 0.2) is 29.8 Å². The van der Waals surface area contributed by atoms with E-state index in [1.54, 1.807) is 5.51 Å². The number of rotatable bonds is 3. The summed E-state index contributed by atoms with van der Waals surface area (Å²) in [5, 5.41) is 10.7. The van der Waals surface area contributed by atoms with Crippen LogP contribution in [-0.4, -0.2) is 25.7 Å². The van der Waals surface area contributed by atoms with E-state index in [2.05, 4.69) is 20.5 Å². The number of anilines is 1. The summed E-state index contributed by atoms with van der Waals surface area (Å²) in [6, 6.07) is 7.75. The standard InChI is InChI=1S/C12H11N5OS/c1-8-14-9-4-2-3-5-10(9)17(8)6-11(18)15-12-16-13-7-19-12/h2-5,7H,6H2,1H3,(H,15,16,18). The van der Waals surface area contributed by atoms with Crippen molar-refractivity contribution in [1.29, 1.82) is 0 Å². The molecule has 0 saturated carbocycles. The van der Waals surface area contributed by atoms with E-state index in [0.717, 1.165) is 16.9 Å². The van der Waals surface area contributed by atoms with Crippen LogP contribution >= 0.6 is 11.3 Å². The molecular formula is C12H11N5OS. The highest BCUT2D eigenvalue weighted by atomic mass is 32.1. The smallest absolute Gasteiger partial charge is 0.246 e. The molecule has 96 valence electrons. The number of imidazole rings is 1. The molecule has 0 fully saturated rings. The van der Waals surface area contributed by atoms with E-state index in [-0.39, 0.29) is 12.5 Å². The number of carbonyl (C=O) groups is 1. The molecule has 19 heavy (non-hydrogen) atoms. The number of benzene rings is 1. The molecule has 0 aliphatic rings. The Kier molecular flexibility index (Phi) is 2.96. The third-order valence-corrected chi connectivity index (χ3v) is 3.36. The van der Waals surface area contributed by atoms with E-state index in [0.29, 0.717) is 5.13 Å². The van der Waals surface area contributed by atoms with Crippen molar-refractivity contribution in [2.75, 3.05) is 5.32 Å². The van der Waals surface area contributed by atoms with Gasteiger partial charge in [0.25, 0.3) is 0 Å². The first-order valence-electron chi connectivity index (χ1n) is 5.72. The van der Waals surface area contributed by atoms with Crippen LogP contribution in [0.4, 0.5) is 5.13 Å². The number of carbonyl (C=O) groups excluding carboxylic acids is 1. The largest absolute Gasteiger partial charge is 0.319 e. The Labute approximate surface area is 113 Å². The summed E-state index contributed by atoms with van der Waals surface area (Å²) >= 11 is 1.29. The predicted molar refractivity (Wildman–Crippen MR) is 73.0 cm³/mol. The molecule has 0 spiro atoms. The van der Waals surface area contributed by atoms with E-state index >= 15 is 0 Å². The molecule has 2 heterocycles. The Bertz CT molecular complexity index is 719. The van der Waals surface area contributed by atoms with Gasteiger partial charge in [-0.25, -0.2) is 4.98 Å². The molecule has 0 aliphatic heterocycles. The second-order valence-electron chi connectivity index (χ2n) is 4.03. The molecule has 0 unspecified atom stereocenters.